The number of benzene rings is 1. The van der Waals surface area contributed by atoms with Crippen molar-refractivity contribution in [1.29, 1.82) is 0 Å². The predicted molar refractivity (Wildman–Crippen MR) is 103 cm³/mol. The van der Waals surface area contributed by atoms with Gasteiger partial charge in [0.2, 0.25) is 0 Å². The summed E-state index contributed by atoms with van der Waals surface area (Å²) in [4.78, 5) is 21.3. The van der Waals surface area contributed by atoms with Crippen LogP contribution in [0, 0.1) is 5.92 Å². The zero-order valence-electron chi connectivity index (χ0n) is 16.4. The van der Waals surface area contributed by atoms with Gasteiger partial charge in [-0.25, -0.2) is 0 Å². The first-order valence-electron chi connectivity index (χ1n) is 8.83. The highest BCUT2D eigenvalue weighted by molar-refractivity contribution is 5.37. The minimum atomic E-state index is -0.250. The lowest BCUT2D eigenvalue weighted by atomic mass is 10.1. The molecule has 1 saturated heterocycles. The Hall–Kier alpha value is -2.16. The molecule has 1 aliphatic rings. The molecule has 0 aliphatic carbocycles. The number of rotatable bonds is 7. The molecule has 1 unspecified atom stereocenters. The highest BCUT2D eigenvalue weighted by Gasteiger charge is 2.21. The molecule has 8 heteroatoms. The van der Waals surface area contributed by atoms with Crippen molar-refractivity contribution in [3.8, 4) is 5.75 Å². The van der Waals surface area contributed by atoms with E-state index >= 15 is 0 Å². The number of carboxylic acid groups (broad SMARTS) is 2. The molecule has 2 rings (SSSR count). The Morgan fingerprint density at radius 2 is 1.89 bits per heavy atom. The number of carbonyl (C=O) groups is 2. The third kappa shape index (κ3) is 10.5. The molecule has 1 aromatic rings. The van der Waals surface area contributed by atoms with Gasteiger partial charge in [-0.05, 0) is 57.6 Å². The van der Waals surface area contributed by atoms with E-state index in [9.17, 15) is 5.11 Å². The van der Waals surface area contributed by atoms with Crippen molar-refractivity contribution in [3.63, 3.8) is 0 Å². The topological polar surface area (TPSA) is 111 Å². The van der Waals surface area contributed by atoms with E-state index in [2.05, 4.69) is 42.1 Å². The standard InChI is InChI=1S/C17H28N2O2.2CH2O2/c1-4-21-17-6-5-14(9-16(17)12-18(2)3)10-19-8-7-15(11-19)13-20;2*2-1-3/h5-6,9,15,20H,4,7-8,10-13H2,1-3H3;2*1H,(H,2,3). The van der Waals surface area contributed by atoms with Crippen molar-refractivity contribution >= 4 is 12.9 Å². The first kappa shape index (κ1) is 24.8. The SMILES string of the molecule is CCOc1ccc(CN2CCC(CO)C2)cc1CN(C)C.O=CO.O=CO. The fourth-order valence-electron chi connectivity index (χ4n) is 2.96. The summed E-state index contributed by atoms with van der Waals surface area (Å²) in [5, 5.41) is 23.0. The minimum absolute atomic E-state index is 0.250. The second kappa shape index (κ2) is 15.0. The molecule has 0 amide bonds. The maximum absolute atomic E-state index is 9.24. The van der Waals surface area contributed by atoms with Crippen molar-refractivity contribution < 1.29 is 29.6 Å². The zero-order valence-corrected chi connectivity index (χ0v) is 16.4. The van der Waals surface area contributed by atoms with Crippen LogP contribution in [0.2, 0.25) is 0 Å². The van der Waals surface area contributed by atoms with Crippen LogP contribution in [0.4, 0.5) is 0 Å². The van der Waals surface area contributed by atoms with E-state index in [1.165, 1.54) is 11.1 Å². The maximum atomic E-state index is 9.24. The third-order valence-electron chi connectivity index (χ3n) is 3.95. The van der Waals surface area contributed by atoms with Gasteiger partial charge in [0, 0.05) is 31.8 Å². The molecule has 0 saturated carbocycles. The summed E-state index contributed by atoms with van der Waals surface area (Å²) < 4.78 is 5.72. The Bertz CT molecular complexity index is 533. The fraction of sp³-hybridized carbons (Fsp3) is 0.579. The van der Waals surface area contributed by atoms with Crippen LogP contribution in [0.15, 0.2) is 18.2 Å². The van der Waals surface area contributed by atoms with Gasteiger partial charge in [0.15, 0.2) is 0 Å². The Morgan fingerprint density at radius 1 is 1.26 bits per heavy atom. The molecule has 1 heterocycles. The summed E-state index contributed by atoms with van der Waals surface area (Å²) in [6.45, 7) is 6.47. The lowest BCUT2D eigenvalue weighted by Gasteiger charge is -2.19. The van der Waals surface area contributed by atoms with Crippen LogP contribution < -0.4 is 4.74 Å². The van der Waals surface area contributed by atoms with E-state index in [0.717, 1.165) is 38.3 Å². The van der Waals surface area contributed by atoms with Crippen LogP contribution in [0.1, 0.15) is 24.5 Å². The van der Waals surface area contributed by atoms with E-state index in [4.69, 9.17) is 24.5 Å². The second-order valence-electron chi connectivity index (χ2n) is 6.40. The molecule has 0 bridgehead atoms. The number of nitrogens with zero attached hydrogens (tertiary/aromatic N) is 2. The summed E-state index contributed by atoms with van der Waals surface area (Å²) in [5.41, 5.74) is 2.58. The second-order valence-corrected chi connectivity index (χ2v) is 6.40. The average molecular weight is 384 g/mol. The average Bonchev–Trinajstić information content (AvgIpc) is 3.06. The predicted octanol–water partition coefficient (Wildman–Crippen LogP) is 1.36. The molecule has 3 N–H and O–H groups in total. The molecule has 0 aromatic heterocycles. The quantitative estimate of drug-likeness (QED) is 0.605. The van der Waals surface area contributed by atoms with Gasteiger partial charge in [0.1, 0.15) is 5.75 Å². The van der Waals surface area contributed by atoms with Crippen molar-refractivity contribution in [3.05, 3.63) is 29.3 Å². The van der Waals surface area contributed by atoms with E-state index in [-0.39, 0.29) is 12.9 Å². The van der Waals surface area contributed by atoms with Gasteiger partial charge in [-0.2, -0.15) is 0 Å². The first-order valence-corrected chi connectivity index (χ1v) is 8.83. The van der Waals surface area contributed by atoms with E-state index in [1.54, 1.807) is 0 Å². The molecule has 0 spiro atoms. The highest BCUT2D eigenvalue weighted by Crippen LogP contribution is 2.24. The normalized spacial score (nSPS) is 16.0. The van der Waals surface area contributed by atoms with Crippen molar-refractivity contribution in [2.45, 2.75) is 26.4 Å². The molecule has 154 valence electrons. The van der Waals surface area contributed by atoms with Crippen molar-refractivity contribution in [2.75, 3.05) is 40.4 Å². The van der Waals surface area contributed by atoms with Crippen LogP contribution in [0.25, 0.3) is 0 Å². The number of likely N-dealkylation sites (tertiary alicyclic amines) is 1. The van der Waals surface area contributed by atoms with E-state index in [1.807, 2.05) is 6.92 Å². The van der Waals surface area contributed by atoms with Crippen molar-refractivity contribution in [2.24, 2.45) is 5.92 Å². The Labute approximate surface area is 161 Å². The van der Waals surface area contributed by atoms with Gasteiger partial charge in [-0.1, -0.05) is 6.07 Å². The molecule has 1 aromatic carbocycles. The van der Waals surface area contributed by atoms with Crippen molar-refractivity contribution in [1.82, 2.24) is 9.80 Å². The molecule has 8 nitrogen and oxygen atoms in total. The largest absolute Gasteiger partial charge is 0.494 e. The number of aliphatic hydroxyl groups is 1. The number of ether oxygens (including phenoxy) is 1. The number of hydrogen-bond acceptors (Lipinski definition) is 6. The van der Waals surface area contributed by atoms with Gasteiger partial charge in [0.25, 0.3) is 12.9 Å². The molecule has 1 aliphatic heterocycles. The molecule has 27 heavy (non-hydrogen) atoms. The first-order chi connectivity index (χ1) is 12.9. The van der Waals surface area contributed by atoms with Crippen LogP contribution in [-0.4, -0.2) is 78.5 Å². The lowest BCUT2D eigenvalue weighted by molar-refractivity contribution is -0.123. The maximum Gasteiger partial charge on any atom is 0.290 e. The van der Waals surface area contributed by atoms with Crippen LogP contribution in [0.5, 0.6) is 5.75 Å². The van der Waals surface area contributed by atoms with Gasteiger partial charge in [-0.15, -0.1) is 0 Å². The van der Waals surface area contributed by atoms with Gasteiger partial charge >= 0.3 is 0 Å². The Kier molecular flexibility index (Phi) is 13.8. The van der Waals surface area contributed by atoms with Crippen LogP contribution in [-0.2, 0) is 22.7 Å². The third-order valence-corrected chi connectivity index (χ3v) is 3.95. The van der Waals surface area contributed by atoms with E-state index < -0.39 is 0 Å². The summed E-state index contributed by atoms with van der Waals surface area (Å²) in [6, 6.07) is 6.52. The summed E-state index contributed by atoms with van der Waals surface area (Å²) in [6.07, 6.45) is 1.11. The van der Waals surface area contributed by atoms with Gasteiger partial charge in [0.05, 0.1) is 6.61 Å². The zero-order chi connectivity index (χ0) is 20.7. The van der Waals surface area contributed by atoms with Crippen LogP contribution >= 0.6 is 0 Å². The summed E-state index contributed by atoms with van der Waals surface area (Å²) in [5.74, 6) is 1.44. The molecule has 0 radical (unpaired) electrons. The monoisotopic (exact) mass is 384 g/mol. The van der Waals surface area contributed by atoms with E-state index in [0.29, 0.717) is 19.1 Å². The Morgan fingerprint density at radius 3 is 2.37 bits per heavy atom. The molecule has 1 atom stereocenters. The van der Waals surface area contributed by atoms with Gasteiger partial charge < -0.3 is 25.0 Å². The molecular weight excluding hydrogens is 352 g/mol. The number of aliphatic hydroxyl groups excluding tert-OH is 1. The fourth-order valence-corrected chi connectivity index (χ4v) is 2.96. The summed E-state index contributed by atoms with van der Waals surface area (Å²) >= 11 is 0. The van der Waals surface area contributed by atoms with Crippen LogP contribution in [0.3, 0.4) is 0 Å². The lowest BCUT2D eigenvalue weighted by Crippen LogP contribution is -2.21. The molecular formula is C19H32N2O6. The van der Waals surface area contributed by atoms with Gasteiger partial charge in [-0.3, -0.25) is 14.5 Å². The molecule has 1 fully saturated rings. The summed E-state index contributed by atoms with van der Waals surface area (Å²) in [7, 11) is 4.16. The smallest absolute Gasteiger partial charge is 0.290 e. The highest BCUT2D eigenvalue weighted by atomic mass is 16.5. The Balaban J connectivity index is 0.000000997. The number of hydrogen-bond donors (Lipinski definition) is 3. The minimum Gasteiger partial charge on any atom is -0.494 e.